The van der Waals surface area contributed by atoms with Crippen molar-refractivity contribution in [1.29, 1.82) is 0 Å². The number of likely N-dealkylation sites (N-methyl/N-ethyl adjacent to an activating group) is 1. The number of hydrogen-bond donors (Lipinski definition) is 2. The van der Waals surface area contributed by atoms with Crippen LogP contribution in [0.4, 0.5) is 26.3 Å². The van der Waals surface area contributed by atoms with Crippen LogP contribution in [0.5, 0.6) is 0 Å². The lowest BCUT2D eigenvalue weighted by Gasteiger charge is -2.34. The Morgan fingerprint density at radius 1 is 0.846 bits per heavy atom. The van der Waals surface area contributed by atoms with Gasteiger partial charge in [0.1, 0.15) is 0 Å². The number of halogens is 6. The van der Waals surface area contributed by atoms with Crippen LogP contribution in [0.1, 0.15) is 72.9 Å². The Morgan fingerprint density at radius 2 is 1.36 bits per heavy atom. The first-order chi connectivity index (χ1) is 18.3. The zero-order chi connectivity index (χ0) is 28.8. The maximum absolute atomic E-state index is 13.1. The number of nitrogens with zero attached hydrogens (tertiary/aromatic N) is 1. The Kier molecular flexibility index (Phi) is 10.7. The highest BCUT2D eigenvalue weighted by Crippen LogP contribution is 2.36. The lowest BCUT2D eigenvalue weighted by Crippen LogP contribution is -2.45. The predicted molar refractivity (Wildman–Crippen MR) is 133 cm³/mol. The van der Waals surface area contributed by atoms with Crippen LogP contribution in [0.25, 0.3) is 0 Å². The molecule has 0 atom stereocenters. The first-order valence-electron chi connectivity index (χ1n) is 13.3. The van der Waals surface area contributed by atoms with Crippen molar-refractivity contribution in [2.75, 3.05) is 33.8 Å². The van der Waals surface area contributed by atoms with E-state index in [0.717, 1.165) is 51.4 Å². The number of methoxy groups -OCH3 is 1. The number of ether oxygens (including phenoxy) is 1. The van der Waals surface area contributed by atoms with Crippen molar-refractivity contribution >= 4 is 11.8 Å². The molecule has 0 unspecified atom stereocenters. The van der Waals surface area contributed by atoms with Crippen LogP contribution >= 0.6 is 0 Å². The molecule has 0 saturated heterocycles. The molecule has 0 aromatic heterocycles. The van der Waals surface area contributed by atoms with Gasteiger partial charge in [-0.05, 0) is 87.9 Å². The number of alkyl halides is 6. The highest BCUT2D eigenvalue weighted by Gasteiger charge is 2.37. The van der Waals surface area contributed by atoms with Crippen molar-refractivity contribution in [3.63, 3.8) is 0 Å². The van der Waals surface area contributed by atoms with Crippen LogP contribution in [-0.4, -0.2) is 62.7 Å². The molecule has 6 nitrogen and oxygen atoms in total. The molecule has 2 aliphatic carbocycles. The van der Waals surface area contributed by atoms with Crippen LogP contribution < -0.4 is 10.6 Å². The fourth-order valence-electron chi connectivity index (χ4n) is 5.44. The van der Waals surface area contributed by atoms with E-state index in [-0.39, 0.29) is 43.1 Å². The Labute approximate surface area is 224 Å². The standard InChI is InChI=1S/C27H37F6N3O3/c1-36(22-7-9-23(39-2)10-8-22)24(37)16-34-14-17-3-5-18(6-4-17)15-35-25(38)19-11-20(26(28,29)30)13-21(12-19)27(31,32)33/h11-13,17-18,22-23,34H,3-10,14-16H2,1-2H3,(H,35,38). The summed E-state index contributed by atoms with van der Waals surface area (Å²) in [5.74, 6) is -0.484. The predicted octanol–water partition coefficient (Wildman–Crippen LogP) is 5.27. The lowest BCUT2D eigenvalue weighted by atomic mass is 9.82. The highest BCUT2D eigenvalue weighted by atomic mass is 19.4. The molecule has 3 rings (SSSR count). The number of carbonyl (C=O) groups is 2. The second-order valence-corrected chi connectivity index (χ2v) is 10.7. The van der Waals surface area contributed by atoms with Gasteiger partial charge in [-0.25, -0.2) is 0 Å². The molecule has 0 spiro atoms. The third-order valence-electron chi connectivity index (χ3n) is 7.99. The number of hydrogen-bond acceptors (Lipinski definition) is 4. The number of rotatable bonds is 9. The Morgan fingerprint density at radius 3 is 1.85 bits per heavy atom. The summed E-state index contributed by atoms with van der Waals surface area (Å²) in [5, 5.41) is 5.75. The van der Waals surface area contributed by atoms with Crippen molar-refractivity contribution in [2.24, 2.45) is 11.8 Å². The molecule has 39 heavy (non-hydrogen) atoms. The molecule has 2 fully saturated rings. The van der Waals surface area contributed by atoms with E-state index >= 15 is 0 Å². The summed E-state index contributed by atoms with van der Waals surface area (Å²) in [4.78, 5) is 26.8. The summed E-state index contributed by atoms with van der Waals surface area (Å²) in [6, 6.07) is 1.12. The fourth-order valence-corrected chi connectivity index (χ4v) is 5.44. The van der Waals surface area contributed by atoms with Crippen LogP contribution in [-0.2, 0) is 21.9 Å². The third-order valence-corrected chi connectivity index (χ3v) is 7.99. The summed E-state index contributed by atoms with van der Waals surface area (Å²) < 4.78 is 83.8. The molecule has 2 N–H and O–H groups in total. The third kappa shape index (κ3) is 9.09. The SMILES string of the molecule is COC1CCC(N(C)C(=O)CNCC2CCC(CNC(=O)c3cc(C(F)(F)F)cc(C(F)(F)F)c3)CC2)CC1. The van der Waals surface area contributed by atoms with Gasteiger partial charge in [0.25, 0.3) is 5.91 Å². The van der Waals surface area contributed by atoms with Gasteiger partial charge in [-0.15, -0.1) is 0 Å². The van der Waals surface area contributed by atoms with E-state index in [4.69, 9.17) is 4.74 Å². The molecule has 0 bridgehead atoms. The van der Waals surface area contributed by atoms with Crippen molar-refractivity contribution in [3.8, 4) is 0 Å². The van der Waals surface area contributed by atoms with E-state index in [1.807, 2.05) is 11.9 Å². The summed E-state index contributed by atoms with van der Waals surface area (Å²) in [6.07, 6.45) is -2.76. The van der Waals surface area contributed by atoms with Crippen molar-refractivity contribution < 1.29 is 40.7 Å². The monoisotopic (exact) mass is 565 g/mol. The molecule has 0 radical (unpaired) electrons. The largest absolute Gasteiger partial charge is 0.416 e. The van der Waals surface area contributed by atoms with Gasteiger partial charge >= 0.3 is 12.4 Å². The van der Waals surface area contributed by atoms with Crippen molar-refractivity contribution in [2.45, 2.75) is 75.9 Å². The van der Waals surface area contributed by atoms with Gasteiger partial charge in [-0.1, -0.05) is 0 Å². The Bertz CT molecular complexity index is 936. The zero-order valence-corrected chi connectivity index (χ0v) is 22.3. The molecular formula is C27H37F6N3O3. The quantitative estimate of drug-likeness (QED) is 0.401. The first-order valence-corrected chi connectivity index (χ1v) is 13.3. The average Bonchev–Trinajstić information content (AvgIpc) is 2.90. The fraction of sp³-hybridized carbons (Fsp3) is 0.704. The summed E-state index contributed by atoms with van der Waals surface area (Å²) in [5.41, 5.74) is -3.70. The second-order valence-electron chi connectivity index (χ2n) is 10.7. The van der Waals surface area contributed by atoms with Crippen LogP contribution in [0.2, 0.25) is 0 Å². The zero-order valence-electron chi connectivity index (χ0n) is 22.3. The molecule has 2 aliphatic rings. The van der Waals surface area contributed by atoms with Gasteiger partial charge in [0.2, 0.25) is 5.91 Å². The molecule has 12 heteroatoms. The summed E-state index contributed by atoms with van der Waals surface area (Å²) in [7, 11) is 3.55. The number of amides is 2. The van der Waals surface area contributed by atoms with E-state index in [1.54, 1.807) is 7.11 Å². The number of nitrogens with one attached hydrogen (secondary N) is 2. The van der Waals surface area contributed by atoms with Gasteiger partial charge in [0.15, 0.2) is 0 Å². The molecule has 220 valence electrons. The van der Waals surface area contributed by atoms with E-state index in [0.29, 0.717) is 24.6 Å². The van der Waals surface area contributed by atoms with E-state index < -0.39 is 35.0 Å². The molecule has 2 amide bonds. The molecule has 2 saturated carbocycles. The molecule has 0 aliphatic heterocycles. The van der Waals surface area contributed by atoms with E-state index in [2.05, 4.69) is 10.6 Å². The highest BCUT2D eigenvalue weighted by molar-refractivity contribution is 5.94. The van der Waals surface area contributed by atoms with Crippen LogP contribution in [0, 0.1) is 11.8 Å². The Balaban J connectivity index is 1.39. The van der Waals surface area contributed by atoms with Crippen LogP contribution in [0.15, 0.2) is 18.2 Å². The molecular weight excluding hydrogens is 528 g/mol. The maximum Gasteiger partial charge on any atom is 0.416 e. The first kappa shape index (κ1) is 31.2. The van der Waals surface area contributed by atoms with Crippen molar-refractivity contribution in [1.82, 2.24) is 15.5 Å². The summed E-state index contributed by atoms with van der Waals surface area (Å²) in [6.45, 7) is 1.11. The van der Waals surface area contributed by atoms with Gasteiger partial charge < -0.3 is 20.3 Å². The number of carbonyl (C=O) groups excluding carboxylic acids is 2. The van der Waals surface area contributed by atoms with E-state index in [1.165, 1.54) is 0 Å². The molecule has 0 heterocycles. The normalized spacial score (nSPS) is 24.3. The Hall–Kier alpha value is -2.34. The van der Waals surface area contributed by atoms with Gasteiger partial charge in [-0.2, -0.15) is 26.3 Å². The minimum Gasteiger partial charge on any atom is -0.381 e. The lowest BCUT2D eigenvalue weighted by molar-refractivity contribution is -0.143. The molecule has 1 aromatic carbocycles. The smallest absolute Gasteiger partial charge is 0.381 e. The minimum atomic E-state index is -5.01. The maximum atomic E-state index is 13.1. The van der Waals surface area contributed by atoms with Gasteiger partial charge in [0, 0.05) is 32.3 Å². The topological polar surface area (TPSA) is 70.7 Å². The van der Waals surface area contributed by atoms with Gasteiger partial charge in [-0.3, -0.25) is 9.59 Å². The van der Waals surface area contributed by atoms with Gasteiger partial charge in [0.05, 0.1) is 23.8 Å². The summed E-state index contributed by atoms with van der Waals surface area (Å²) >= 11 is 0. The number of benzene rings is 1. The second kappa shape index (κ2) is 13.3. The minimum absolute atomic E-state index is 0.00464. The van der Waals surface area contributed by atoms with Crippen molar-refractivity contribution in [3.05, 3.63) is 34.9 Å². The average molecular weight is 566 g/mol. The van der Waals surface area contributed by atoms with E-state index in [9.17, 15) is 35.9 Å². The van der Waals surface area contributed by atoms with Crippen LogP contribution in [0.3, 0.4) is 0 Å². The molecule has 1 aromatic rings.